The van der Waals surface area contributed by atoms with Crippen LogP contribution >= 0.6 is 35.0 Å². The smallest absolute Gasteiger partial charge is 0.276 e. The summed E-state index contributed by atoms with van der Waals surface area (Å²) in [7, 11) is 0. The van der Waals surface area contributed by atoms with Crippen molar-refractivity contribution in [1.29, 1.82) is 0 Å². The van der Waals surface area contributed by atoms with E-state index in [1.807, 2.05) is 12.1 Å². The molecule has 0 saturated heterocycles. The normalized spacial score (nSPS) is 10.6. The zero-order valence-corrected chi connectivity index (χ0v) is 15.2. The molecule has 0 atom stereocenters. The summed E-state index contributed by atoms with van der Waals surface area (Å²) in [4.78, 5) is 11.9. The van der Waals surface area contributed by atoms with Gasteiger partial charge < -0.3 is 9.73 Å². The SMILES string of the molecule is O=C(CCSc1nnc(-c2cccc(Cl)c2)o1)Nc1cccc(Cl)c1. The molecule has 1 heterocycles. The molecule has 2 aromatic carbocycles. The summed E-state index contributed by atoms with van der Waals surface area (Å²) in [5.74, 6) is 0.807. The zero-order chi connectivity index (χ0) is 17.6. The summed E-state index contributed by atoms with van der Waals surface area (Å²) in [6.45, 7) is 0. The number of halogens is 2. The van der Waals surface area contributed by atoms with Gasteiger partial charge in [-0.05, 0) is 36.4 Å². The van der Waals surface area contributed by atoms with Crippen molar-refractivity contribution < 1.29 is 9.21 Å². The van der Waals surface area contributed by atoms with E-state index in [9.17, 15) is 4.79 Å². The Kier molecular flexibility index (Phi) is 5.96. The van der Waals surface area contributed by atoms with Crippen molar-refractivity contribution in [2.45, 2.75) is 11.6 Å². The quantitative estimate of drug-likeness (QED) is 0.585. The molecule has 1 N–H and O–H groups in total. The Balaban J connectivity index is 1.50. The molecule has 25 heavy (non-hydrogen) atoms. The summed E-state index contributed by atoms with van der Waals surface area (Å²) in [5.41, 5.74) is 1.43. The van der Waals surface area contributed by atoms with E-state index in [4.69, 9.17) is 27.6 Å². The van der Waals surface area contributed by atoms with Gasteiger partial charge in [0.1, 0.15) is 0 Å². The van der Waals surface area contributed by atoms with E-state index in [0.29, 0.717) is 39.0 Å². The largest absolute Gasteiger partial charge is 0.411 e. The average Bonchev–Trinajstić information content (AvgIpc) is 3.04. The maximum absolute atomic E-state index is 11.9. The zero-order valence-electron chi connectivity index (χ0n) is 12.9. The van der Waals surface area contributed by atoms with E-state index in [1.165, 1.54) is 11.8 Å². The monoisotopic (exact) mass is 393 g/mol. The van der Waals surface area contributed by atoms with Gasteiger partial charge in [-0.2, -0.15) is 0 Å². The van der Waals surface area contributed by atoms with Crippen molar-refractivity contribution in [3.05, 3.63) is 58.6 Å². The first-order valence-corrected chi connectivity index (χ1v) is 9.12. The Morgan fingerprint density at radius 1 is 1.08 bits per heavy atom. The van der Waals surface area contributed by atoms with Crippen molar-refractivity contribution in [3.8, 4) is 11.5 Å². The van der Waals surface area contributed by atoms with Crippen molar-refractivity contribution in [2.75, 3.05) is 11.1 Å². The third-order valence-electron chi connectivity index (χ3n) is 3.14. The molecule has 0 aliphatic rings. The van der Waals surface area contributed by atoms with Gasteiger partial charge >= 0.3 is 0 Å². The minimum Gasteiger partial charge on any atom is -0.411 e. The number of aromatic nitrogens is 2. The van der Waals surface area contributed by atoms with Gasteiger partial charge in [0.2, 0.25) is 11.8 Å². The van der Waals surface area contributed by atoms with E-state index >= 15 is 0 Å². The number of hydrogen-bond donors (Lipinski definition) is 1. The van der Waals surface area contributed by atoms with Gasteiger partial charge in [0, 0.05) is 33.5 Å². The van der Waals surface area contributed by atoms with Crippen LogP contribution in [0.1, 0.15) is 6.42 Å². The molecule has 3 rings (SSSR count). The fourth-order valence-electron chi connectivity index (χ4n) is 2.03. The van der Waals surface area contributed by atoms with Crippen LogP contribution in [0.4, 0.5) is 5.69 Å². The number of nitrogens with zero attached hydrogens (tertiary/aromatic N) is 2. The van der Waals surface area contributed by atoms with Crippen molar-refractivity contribution in [1.82, 2.24) is 10.2 Å². The molecular weight excluding hydrogens is 381 g/mol. The highest BCUT2D eigenvalue weighted by Gasteiger charge is 2.10. The number of amides is 1. The van der Waals surface area contributed by atoms with Crippen LogP contribution in [0.25, 0.3) is 11.5 Å². The topological polar surface area (TPSA) is 68.0 Å². The van der Waals surface area contributed by atoms with Crippen LogP contribution in [0.2, 0.25) is 10.0 Å². The molecule has 1 aromatic heterocycles. The van der Waals surface area contributed by atoms with Crippen LogP contribution in [0.15, 0.2) is 58.2 Å². The molecule has 0 spiro atoms. The third-order valence-corrected chi connectivity index (χ3v) is 4.43. The second-order valence-corrected chi connectivity index (χ2v) is 6.96. The molecule has 8 heteroatoms. The Morgan fingerprint density at radius 2 is 1.84 bits per heavy atom. The van der Waals surface area contributed by atoms with Crippen molar-refractivity contribution in [2.24, 2.45) is 0 Å². The fourth-order valence-corrected chi connectivity index (χ4v) is 3.11. The summed E-state index contributed by atoms with van der Waals surface area (Å²) in [6.07, 6.45) is 0.312. The van der Waals surface area contributed by atoms with Gasteiger partial charge in [0.15, 0.2) is 0 Å². The number of carbonyl (C=O) groups excluding carboxylic acids is 1. The van der Waals surface area contributed by atoms with E-state index < -0.39 is 0 Å². The van der Waals surface area contributed by atoms with Crippen LogP contribution in [-0.4, -0.2) is 21.9 Å². The van der Waals surface area contributed by atoms with Crippen molar-refractivity contribution in [3.63, 3.8) is 0 Å². The van der Waals surface area contributed by atoms with Crippen LogP contribution in [-0.2, 0) is 4.79 Å². The van der Waals surface area contributed by atoms with E-state index in [-0.39, 0.29) is 5.91 Å². The first-order valence-electron chi connectivity index (χ1n) is 7.38. The molecule has 0 aliphatic heterocycles. The second-order valence-electron chi connectivity index (χ2n) is 5.04. The molecule has 0 unspecified atom stereocenters. The molecule has 0 radical (unpaired) electrons. The Hall–Kier alpha value is -2.02. The number of rotatable bonds is 6. The summed E-state index contributed by atoms with van der Waals surface area (Å²) in [5, 5.41) is 12.3. The van der Waals surface area contributed by atoms with Crippen LogP contribution < -0.4 is 5.32 Å². The highest BCUT2D eigenvalue weighted by Crippen LogP contribution is 2.25. The molecule has 0 bridgehead atoms. The molecule has 3 aromatic rings. The lowest BCUT2D eigenvalue weighted by atomic mass is 10.2. The average molecular weight is 394 g/mol. The number of thioether (sulfide) groups is 1. The maximum Gasteiger partial charge on any atom is 0.276 e. The van der Waals surface area contributed by atoms with Crippen molar-refractivity contribution >= 4 is 46.6 Å². The molecule has 128 valence electrons. The van der Waals surface area contributed by atoms with Gasteiger partial charge in [0.05, 0.1) is 0 Å². The lowest BCUT2D eigenvalue weighted by Gasteiger charge is -2.04. The first-order chi connectivity index (χ1) is 12.1. The van der Waals surface area contributed by atoms with Gasteiger partial charge in [-0.3, -0.25) is 4.79 Å². The van der Waals surface area contributed by atoms with E-state index in [2.05, 4.69) is 15.5 Å². The number of carbonyl (C=O) groups is 1. The molecule has 0 aliphatic carbocycles. The second kappa shape index (κ2) is 8.38. The van der Waals surface area contributed by atoms with E-state index in [1.54, 1.807) is 36.4 Å². The number of anilines is 1. The molecule has 5 nitrogen and oxygen atoms in total. The van der Waals surface area contributed by atoms with Gasteiger partial charge in [-0.15, -0.1) is 10.2 Å². The number of hydrogen-bond acceptors (Lipinski definition) is 5. The summed E-state index contributed by atoms with van der Waals surface area (Å²) >= 11 is 13.2. The molecule has 0 fully saturated rings. The van der Waals surface area contributed by atoms with E-state index in [0.717, 1.165) is 5.56 Å². The lowest BCUT2D eigenvalue weighted by Crippen LogP contribution is -2.12. The van der Waals surface area contributed by atoms with Crippen LogP contribution in [0, 0.1) is 0 Å². The fraction of sp³-hybridized carbons (Fsp3) is 0.118. The molecular formula is C17H13Cl2N3O2S. The Bertz CT molecular complexity index is 886. The standard InChI is InChI=1S/C17H13Cl2N3O2S/c18-12-4-1-3-11(9-12)16-21-22-17(24-16)25-8-7-15(23)20-14-6-2-5-13(19)10-14/h1-6,9-10H,7-8H2,(H,20,23). The minimum atomic E-state index is -0.107. The predicted octanol–water partition coefficient (Wildman–Crippen LogP) is 5.16. The maximum atomic E-state index is 11.9. The molecule has 0 saturated carbocycles. The summed E-state index contributed by atoms with van der Waals surface area (Å²) in [6, 6.07) is 14.2. The predicted molar refractivity (Wildman–Crippen MR) is 100 cm³/mol. The third kappa shape index (κ3) is 5.22. The number of benzene rings is 2. The minimum absolute atomic E-state index is 0.107. The van der Waals surface area contributed by atoms with Gasteiger partial charge in [-0.25, -0.2) is 0 Å². The highest BCUT2D eigenvalue weighted by atomic mass is 35.5. The number of nitrogens with one attached hydrogen (secondary N) is 1. The Morgan fingerprint density at radius 3 is 2.60 bits per heavy atom. The molecule has 1 amide bonds. The highest BCUT2D eigenvalue weighted by molar-refractivity contribution is 7.99. The lowest BCUT2D eigenvalue weighted by molar-refractivity contribution is -0.115. The van der Waals surface area contributed by atoms with Crippen LogP contribution in [0.3, 0.4) is 0 Å². The van der Waals surface area contributed by atoms with Gasteiger partial charge in [0.25, 0.3) is 5.22 Å². The summed E-state index contributed by atoms with van der Waals surface area (Å²) < 4.78 is 5.57. The first kappa shape index (κ1) is 17.8. The van der Waals surface area contributed by atoms with Gasteiger partial charge in [-0.1, -0.05) is 47.1 Å². The van der Waals surface area contributed by atoms with Crippen LogP contribution in [0.5, 0.6) is 0 Å². The Labute approximate surface area is 158 Å².